The Kier molecular flexibility index (Phi) is 6.80. The molecule has 2 heterocycles. The second-order valence-corrected chi connectivity index (χ2v) is 8.26. The lowest BCUT2D eigenvalue weighted by atomic mass is 9.96. The monoisotopic (exact) mass is 405 g/mol. The molecule has 0 unspecified atom stereocenters. The van der Waals surface area contributed by atoms with Gasteiger partial charge in [-0.15, -0.1) is 0 Å². The first-order valence-electron chi connectivity index (χ1n) is 11.2. The lowest BCUT2D eigenvalue weighted by Crippen LogP contribution is -2.54. The largest absolute Gasteiger partial charge is 0.334 e. The zero-order valence-electron chi connectivity index (χ0n) is 17.6. The fourth-order valence-electron chi connectivity index (χ4n) is 4.61. The van der Waals surface area contributed by atoms with Gasteiger partial charge in [-0.2, -0.15) is 0 Å². The topological polar surface area (TPSA) is 43.9 Å². The average Bonchev–Trinajstić information content (AvgIpc) is 3.10. The van der Waals surface area contributed by atoms with Crippen molar-refractivity contribution in [2.24, 2.45) is 0 Å². The molecule has 0 bridgehead atoms. The number of nitrogens with zero attached hydrogens (tertiary/aromatic N) is 3. The van der Waals surface area contributed by atoms with Crippen molar-refractivity contribution >= 4 is 11.8 Å². The van der Waals surface area contributed by atoms with Crippen LogP contribution in [0.5, 0.6) is 0 Å². The van der Waals surface area contributed by atoms with Gasteiger partial charge >= 0.3 is 11.8 Å². The molecule has 0 N–H and O–H groups in total. The molecule has 158 valence electrons. The Morgan fingerprint density at radius 1 is 0.567 bits per heavy atom. The number of likely N-dealkylation sites (tertiary alicyclic amines) is 1. The van der Waals surface area contributed by atoms with Crippen LogP contribution in [0.15, 0.2) is 60.7 Å². The molecule has 2 aromatic rings. The number of rotatable bonds is 3. The van der Waals surface area contributed by atoms with E-state index in [0.29, 0.717) is 26.2 Å². The van der Waals surface area contributed by atoms with E-state index < -0.39 is 0 Å². The Labute approximate surface area is 179 Å². The minimum Gasteiger partial charge on any atom is -0.334 e. The van der Waals surface area contributed by atoms with E-state index in [4.69, 9.17) is 0 Å². The highest BCUT2D eigenvalue weighted by atomic mass is 16.2. The van der Waals surface area contributed by atoms with Gasteiger partial charge in [-0.05, 0) is 24.0 Å². The summed E-state index contributed by atoms with van der Waals surface area (Å²) < 4.78 is 0. The van der Waals surface area contributed by atoms with Crippen molar-refractivity contribution in [1.29, 1.82) is 0 Å². The molecule has 2 amide bonds. The van der Waals surface area contributed by atoms with Crippen LogP contribution < -0.4 is 0 Å². The zero-order valence-corrected chi connectivity index (χ0v) is 17.6. The van der Waals surface area contributed by atoms with Gasteiger partial charge in [0.1, 0.15) is 0 Å². The van der Waals surface area contributed by atoms with Gasteiger partial charge in [-0.1, -0.05) is 73.5 Å². The van der Waals surface area contributed by atoms with Gasteiger partial charge in [0.05, 0.1) is 6.04 Å². The predicted octanol–water partition coefficient (Wildman–Crippen LogP) is 3.32. The molecule has 0 spiro atoms. The van der Waals surface area contributed by atoms with Crippen LogP contribution in [-0.4, -0.2) is 65.8 Å². The first-order valence-corrected chi connectivity index (χ1v) is 11.2. The molecule has 0 radical (unpaired) electrons. The number of piperazine rings is 1. The summed E-state index contributed by atoms with van der Waals surface area (Å²) in [5.74, 6) is -0.638. The van der Waals surface area contributed by atoms with E-state index in [1.165, 1.54) is 11.1 Å². The maximum atomic E-state index is 12.8. The summed E-state index contributed by atoms with van der Waals surface area (Å²) in [6, 6.07) is 21.2. The lowest BCUT2D eigenvalue weighted by Gasteiger charge is -2.40. The molecule has 0 saturated carbocycles. The third kappa shape index (κ3) is 4.73. The molecule has 2 fully saturated rings. The quantitative estimate of drug-likeness (QED) is 0.736. The normalized spacial score (nSPS) is 18.3. The number of amides is 2. The first-order chi connectivity index (χ1) is 14.7. The zero-order chi connectivity index (χ0) is 20.8. The van der Waals surface area contributed by atoms with E-state index in [2.05, 4.69) is 53.4 Å². The highest BCUT2D eigenvalue weighted by Gasteiger charge is 2.32. The second kappa shape index (κ2) is 9.90. The van der Waals surface area contributed by atoms with Crippen molar-refractivity contribution in [3.63, 3.8) is 0 Å². The molecular weight excluding hydrogens is 374 g/mol. The third-order valence-electron chi connectivity index (χ3n) is 6.27. The lowest BCUT2D eigenvalue weighted by molar-refractivity contribution is -0.153. The van der Waals surface area contributed by atoms with E-state index in [9.17, 15) is 9.59 Å². The predicted molar refractivity (Wildman–Crippen MR) is 118 cm³/mol. The second-order valence-electron chi connectivity index (χ2n) is 8.26. The van der Waals surface area contributed by atoms with Crippen molar-refractivity contribution in [1.82, 2.24) is 14.7 Å². The fourth-order valence-corrected chi connectivity index (χ4v) is 4.61. The summed E-state index contributed by atoms with van der Waals surface area (Å²) in [4.78, 5) is 31.5. The Bertz CT molecular complexity index is 784. The third-order valence-corrected chi connectivity index (χ3v) is 6.27. The van der Waals surface area contributed by atoms with Crippen molar-refractivity contribution in [2.75, 3.05) is 39.3 Å². The van der Waals surface area contributed by atoms with Gasteiger partial charge in [-0.3, -0.25) is 14.5 Å². The van der Waals surface area contributed by atoms with Gasteiger partial charge in [0, 0.05) is 39.3 Å². The van der Waals surface area contributed by atoms with Crippen molar-refractivity contribution in [2.45, 2.75) is 31.7 Å². The molecule has 5 heteroatoms. The number of hydrogen-bond acceptors (Lipinski definition) is 3. The van der Waals surface area contributed by atoms with Crippen LogP contribution in [0.25, 0.3) is 0 Å². The highest BCUT2D eigenvalue weighted by Crippen LogP contribution is 2.29. The molecule has 0 aromatic heterocycles. The van der Waals surface area contributed by atoms with Gasteiger partial charge in [0.15, 0.2) is 0 Å². The van der Waals surface area contributed by atoms with Gasteiger partial charge in [-0.25, -0.2) is 0 Å². The smallest absolute Gasteiger partial charge is 0.312 e. The Hall–Kier alpha value is -2.66. The van der Waals surface area contributed by atoms with Crippen LogP contribution in [-0.2, 0) is 9.59 Å². The summed E-state index contributed by atoms with van der Waals surface area (Å²) >= 11 is 0. The number of carbonyl (C=O) groups excluding carboxylic acids is 2. The van der Waals surface area contributed by atoms with E-state index in [-0.39, 0.29) is 17.9 Å². The summed E-state index contributed by atoms with van der Waals surface area (Å²) in [6.45, 7) is 4.13. The molecule has 2 aliphatic heterocycles. The molecular formula is C25H31N3O2. The van der Waals surface area contributed by atoms with E-state index in [1.54, 1.807) is 9.80 Å². The maximum Gasteiger partial charge on any atom is 0.312 e. The highest BCUT2D eigenvalue weighted by molar-refractivity contribution is 6.34. The fraction of sp³-hybridized carbons (Fsp3) is 0.440. The van der Waals surface area contributed by atoms with Gasteiger partial charge < -0.3 is 9.80 Å². The van der Waals surface area contributed by atoms with E-state index in [1.807, 2.05) is 12.1 Å². The summed E-state index contributed by atoms with van der Waals surface area (Å²) in [7, 11) is 0. The number of hydrogen-bond donors (Lipinski definition) is 0. The average molecular weight is 406 g/mol. The van der Waals surface area contributed by atoms with Crippen molar-refractivity contribution in [3.05, 3.63) is 71.8 Å². The number of carbonyl (C=O) groups is 2. The van der Waals surface area contributed by atoms with E-state index in [0.717, 1.165) is 38.8 Å². The van der Waals surface area contributed by atoms with Crippen LogP contribution in [0, 0.1) is 0 Å². The molecule has 30 heavy (non-hydrogen) atoms. The molecule has 2 saturated heterocycles. The van der Waals surface area contributed by atoms with Gasteiger partial charge in [0.25, 0.3) is 0 Å². The summed E-state index contributed by atoms with van der Waals surface area (Å²) in [5.41, 5.74) is 2.51. The molecule has 2 aliphatic rings. The van der Waals surface area contributed by atoms with Crippen molar-refractivity contribution < 1.29 is 9.59 Å². The first kappa shape index (κ1) is 20.6. The van der Waals surface area contributed by atoms with Crippen LogP contribution >= 0.6 is 0 Å². The van der Waals surface area contributed by atoms with Crippen molar-refractivity contribution in [3.8, 4) is 0 Å². The van der Waals surface area contributed by atoms with Crippen LogP contribution in [0.4, 0.5) is 0 Å². The number of benzene rings is 2. The van der Waals surface area contributed by atoms with Crippen LogP contribution in [0.3, 0.4) is 0 Å². The SMILES string of the molecule is O=C(C(=O)N1CCN(C(c2ccccc2)c2ccccc2)CC1)N1CCCCCC1. The standard InChI is InChI=1S/C25H31N3O2/c29-24(27-15-9-1-2-10-16-27)25(30)28-19-17-26(18-20-28)23(21-11-5-3-6-12-21)22-13-7-4-8-14-22/h3-8,11-14,23H,1-2,9-10,15-20H2. The summed E-state index contributed by atoms with van der Waals surface area (Å²) in [5, 5.41) is 0. The van der Waals surface area contributed by atoms with Crippen LogP contribution in [0.2, 0.25) is 0 Å². The summed E-state index contributed by atoms with van der Waals surface area (Å²) in [6.07, 6.45) is 4.30. The molecule has 2 aromatic carbocycles. The molecule has 0 aliphatic carbocycles. The maximum absolute atomic E-state index is 12.8. The molecule has 5 nitrogen and oxygen atoms in total. The minimum atomic E-state index is -0.326. The van der Waals surface area contributed by atoms with Crippen LogP contribution in [0.1, 0.15) is 42.9 Å². The van der Waals surface area contributed by atoms with E-state index >= 15 is 0 Å². The molecule has 0 atom stereocenters. The molecule has 4 rings (SSSR count). The Balaban J connectivity index is 1.43. The minimum absolute atomic E-state index is 0.158. The van der Waals surface area contributed by atoms with Gasteiger partial charge in [0.2, 0.25) is 0 Å². The Morgan fingerprint density at radius 2 is 1.00 bits per heavy atom. The Morgan fingerprint density at radius 3 is 1.47 bits per heavy atom.